The second-order valence-corrected chi connectivity index (χ2v) is 6.14. The van der Waals surface area contributed by atoms with Crippen LogP contribution in [0.5, 0.6) is 5.75 Å². The summed E-state index contributed by atoms with van der Waals surface area (Å²) in [7, 11) is 1.64. The average Bonchev–Trinajstić information content (AvgIpc) is 3.12. The van der Waals surface area contributed by atoms with Crippen molar-refractivity contribution in [3.8, 4) is 27.6 Å². The average molecular weight is 354 g/mol. The topological polar surface area (TPSA) is 74.4 Å². The molecule has 0 fully saturated rings. The van der Waals surface area contributed by atoms with Crippen molar-refractivity contribution in [3.05, 3.63) is 59.5 Å². The van der Waals surface area contributed by atoms with E-state index < -0.39 is 5.91 Å². The van der Waals surface area contributed by atoms with Crippen LogP contribution in [0.1, 0.15) is 10.4 Å². The van der Waals surface area contributed by atoms with E-state index in [1.165, 1.54) is 11.3 Å². The molecule has 0 saturated carbocycles. The quantitative estimate of drug-likeness (QED) is 0.658. The highest BCUT2D eigenvalue weighted by Crippen LogP contribution is 2.34. The van der Waals surface area contributed by atoms with Crippen LogP contribution in [0.15, 0.2) is 53.9 Å². The van der Waals surface area contributed by atoms with E-state index in [0.717, 1.165) is 27.6 Å². The number of thiazole rings is 1. The summed E-state index contributed by atoms with van der Waals surface area (Å²) in [5.41, 5.74) is 8.37. The van der Waals surface area contributed by atoms with Gasteiger partial charge in [0.05, 0.1) is 12.3 Å². The molecule has 1 heterocycles. The number of nitrogens with zero attached hydrogens (tertiary/aromatic N) is 1. The molecule has 0 spiro atoms. The second kappa shape index (κ2) is 7.92. The van der Waals surface area contributed by atoms with Gasteiger partial charge >= 0.3 is 0 Å². The van der Waals surface area contributed by atoms with Crippen LogP contribution in [0.2, 0.25) is 0 Å². The third-order valence-electron chi connectivity index (χ3n) is 3.64. The highest BCUT2D eigenvalue weighted by atomic mass is 32.1. The molecule has 25 heavy (non-hydrogen) atoms. The third-order valence-corrected chi connectivity index (χ3v) is 4.51. The van der Waals surface area contributed by atoms with Crippen molar-refractivity contribution < 1.29 is 14.3 Å². The van der Waals surface area contributed by atoms with Crippen molar-refractivity contribution >= 4 is 17.2 Å². The van der Waals surface area contributed by atoms with Gasteiger partial charge in [-0.2, -0.15) is 0 Å². The van der Waals surface area contributed by atoms with E-state index in [1.54, 1.807) is 19.2 Å². The first-order valence-electron chi connectivity index (χ1n) is 7.76. The zero-order chi connectivity index (χ0) is 17.6. The molecule has 5 nitrogen and oxygen atoms in total. The molecule has 3 rings (SSSR count). The van der Waals surface area contributed by atoms with E-state index in [1.807, 2.05) is 41.8 Å². The number of amides is 1. The van der Waals surface area contributed by atoms with Gasteiger partial charge in [0, 0.05) is 29.2 Å². The standard InChI is InChI=1S/C19H18N2O3S/c1-23-10-11-24-17-9-5-4-8-15(17)16-12-25-19(21-16)14-7-3-2-6-13(14)18(20)22/h2-9,12H,10-11H2,1H3,(H2,20,22). The molecule has 0 aliphatic carbocycles. The van der Waals surface area contributed by atoms with Crippen LogP contribution in [0, 0.1) is 0 Å². The van der Waals surface area contributed by atoms with E-state index in [-0.39, 0.29) is 0 Å². The molecule has 0 bridgehead atoms. The van der Waals surface area contributed by atoms with Gasteiger partial charge in [-0.1, -0.05) is 30.3 Å². The minimum Gasteiger partial charge on any atom is -0.490 e. The number of hydrogen-bond acceptors (Lipinski definition) is 5. The number of benzene rings is 2. The molecule has 6 heteroatoms. The van der Waals surface area contributed by atoms with Crippen LogP contribution in [0.4, 0.5) is 0 Å². The van der Waals surface area contributed by atoms with E-state index in [0.29, 0.717) is 18.8 Å². The molecule has 0 saturated heterocycles. The van der Waals surface area contributed by atoms with Gasteiger partial charge in [-0.15, -0.1) is 11.3 Å². The molecule has 0 aliphatic heterocycles. The fourth-order valence-electron chi connectivity index (χ4n) is 2.44. The zero-order valence-electron chi connectivity index (χ0n) is 13.8. The molecule has 1 aromatic heterocycles. The summed E-state index contributed by atoms with van der Waals surface area (Å²) in [5, 5.41) is 2.70. The number of carbonyl (C=O) groups is 1. The molecule has 3 aromatic rings. The largest absolute Gasteiger partial charge is 0.490 e. The third kappa shape index (κ3) is 3.87. The molecular weight excluding hydrogens is 336 g/mol. The first kappa shape index (κ1) is 17.1. The SMILES string of the molecule is COCCOc1ccccc1-c1csc(-c2ccccc2C(N)=O)n1. The van der Waals surface area contributed by atoms with E-state index in [2.05, 4.69) is 4.98 Å². The summed E-state index contributed by atoms with van der Waals surface area (Å²) in [6.07, 6.45) is 0. The number of carbonyl (C=O) groups excluding carboxylic acids is 1. The molecule has 0 unspecified atom stereocenters. The van der Waals surface area contributed by atoms with E-state index in [9.17, 15) is 4.79 Å². The maximum Gasteiger partial charge on any atom is 0.249 e. The summed E-state index contributed by atoms with van der Waals surface area (Å²) in [6, 6.07) is 14.9. The number of primary amides is 1. The lowest BCUT2D eigenvalue weighted by molar-refractivity contribution is 0.100. The summed E-state index contributed by atoms with van der Waals surface area (Å²) in [5.74, 6) is 0.287. The van der Waals surface area contributed by atoms with Gasteiger partial charge in [0.2, 0.25) is 5.91 Å². The van der Waals surface area contributed by atoms with Gasteiger partial charge < -0.3 is 15.2 Å². The predicted octanol–water partition coefficient (Wildman–Crippen LogP) is 3.60. The van der Waals surface area contributed by atoms with Crippen LogP contribution in [-0.4, -0.2) is 31.2 Å². The fraction of sp³-hybridized carbons (Fsp3) is 0.158. The van der Waals surface area contributed by atoms with E-state index >= 15 is 0 Å². The zero-order valence-corrected chi connectivity index (χ0v) is 14.6. The van der Waals surface area contributed by atoms with Crippen molar-refractivity contribution in [2.45, 2.75) is 0 Å². The lowest BCUT2D eigenvalue weighted by Gasteiger charge is -2.09. The minimum atomic E-state index is -0.462. The van der Waals surface area contributed by atoms with Crippen molar-refractivity contribution in [2.75, 3.05) is 20.3 Å². The normalized spacial score (nSPS) is 10.6. The molecule has 0 aliphatic rings. The monoisotopic (exact) mass is 354 g/mol. The van der Waals surface area contributed by atoms with Crippen LogP contribution in [0.25, 0.3) is 21.8 Å². The molecule has 0 atom stereocenters. The van der Waals surface area contributed by atoms with Crippen molar-refractivity contribution in [1.82, 2.24) is 4.98 Å². The van der Waals surface area contributed by atoms with Gasteiger partial charge in [-0.05, 0) is 18.2 Å². The number of hydrogen-bond donors (Lipinski definition) is 1. The van der Waals surface area contributed by atoms with Gasteiger partial charge in [0.25, 0.3) is 0 Å². The van der Waals surface area contributed by atoms with Gasteiger partial charge in [-0.3, -0.25) is 4.79 Å². The van der Waals surface area contributed by atoms with Gasteiger partial charge in [0.15, 0.2) is 0 Å². The highest BCUT2D eigenvalue weighted by molar-refractivity contribution is 7.13. The lowest BCUT2D eigenvalue weighted by Crippen LogP contribution is -2.12. The summed E-state index contributed by atoms with van der Waals surface area (Å²) in [6.45, 7) is 0.984. The Kier molecular flexibility index (Phi) is 5.42. The molecule has 128 valence electrons. The first-order valence-corrected chi connectivity index (χ1v) is 8.64. The van der Waals surface area contributed by atoms with Crippen molar-refractivity contribution in [3.63, 3.8) is 0 Å². The number of nitrogens with two attached hydrogens (primary N) is 1. The Bertz CT molecular complexity index is 876. The number of ether oxygens (including phenoxy) is 2. The Balaban J connectivity index is 1.94. The highest BCUT2D eigenvalue weighted by Gasteiger charge is 2.15. The first-order chi connectivity index (χ1) is 12.2. The second-order valence-electron chi connectivity index (χ2n) is 5.29. The Labute approximate surface area is 150 Å². The van der Waals surface area contributed by atoms with Gasteiger partial charge in [0.1, 0.15) is 17.4 Å². The maximum atomic E-state index is 11.6. The molecule has 2 aromatic carbocycles. The van der Waals surface area contributed by atoms with Crippen LogP contribution < -0.4 is 10.5 Å². The Morgan fingerprint density at radius 2 is 1.80 bits per heavy atom. The summed E-state index contributed by atoms with van der Waals surface area (Å²) < 4.78 is 10.8. The Hall–Kier alpha value is -2.70. The molecule has 0 radical (unpaired) electrons. The number of rotatable bonds is 7. The summed E-state index contributed by atoms with van der Waals surface area (Å²) in [4.78, 5) is 16.3. The predicted molar refractivity (Wildman–Crippen MR) is 98.9 cm³/mol. The fourth-order valence-corrected chi connectivity index (χ4v) is 3.30. The Morgan fingerprint density at radius 3 is 2.56 bits per heavy atom. The lowest BCUT2D eigenvalue weighted by atomic mass is 10.1. The molecule has 2 N–H and O–H groups in total. The summed E-state index contributed by atoms with van der Waals surface area (Å²) >= 11 is 1.47. The van der Waals surface area contributed by atoms with Crippen LogP contribution in [0.3, 0.4) is 0 Å². The van der Waals surface area contributed by atoms with Crippen molar-refractivity contribution in [2.24, 2.45) is 5.73 Å². The van der Waals surface area contributed by atoms with E-state index in [4.69, 9.17) is 15.2 Å². The van der Waals surface area contributed by atoms with Gasteiger partial charge in [-0.25, -0.2) is 4.98 Å². The number of aromatic nitrogens is 1. The Morgan fingerprint density at radius 1 is 1.08 bits per heavy atom. The number of methoxy groups -OCH3 is 1. The minimum absolute atomic E-state index is 0.462. The van der Waals surface area contributed by atoms with Crippen LogP contribution in [-0.2, 0) is 4.74 Å². The maximum absolute atomic E-state index is 11.6. The van der Waals surface area contributed by atoms with Crippen molar-refractivity contribution in [1.29, 1.82) is 0 Å². The molecular formula is C19H18N2O3S. The number of para-hydroxylation sites is 1. The molecule has 1 amide bonds. The van der Waals surface area contributed by atoms with Crippen LogP contribution >= 0.6 is 11.3 Å². The smallest absolute Gasteiger partial charge is 0.249 e.